The zero-order chi connectivity index (χ0) is 6.91. The summed E-state index contributed by atoms with van der Waals surface area (Å²) in [4.78, 5) is 0. The first-order chi connectivity index (χ1) is 4.11. The van der Waals surface area contributed by atoms with Crippen molar-refractivity contribution in [3.8, 4) is 0 Å². The largest absolute Gasteiger partial charge is 0.201 e. The van der Waals surface area contributed by atoms with Crippen LogP contribution in [0.3, 0.4) is 0 Å². The van der Waals surface area contributed by atoms with Gasteiger partial charge < -0.3 is 0 Å². The van der Waals surface area contributed by atoms with Gasteiger partial charge in [0, 0.05) is 0 Å². The Kier molecular flexibility index (Phi) is 2.81. The van der Waals surface area contributed by atoms with E-state index < -0.39 is 5.31 Å². The molecule has 9 heavy (non-hydrogen) atoms. The molecule has 0 N–H and O–H groups in total. The molecule has 0 aromatic heterocycles. The highest BCUT2D eigenvalue weighted by Crippen LogP contribution is 2.44. The lowest BCUT2D eigenvalue weighted by molar-refractivity contribution is 0.864. The van der Waals surface area contributed by atoms with E-state index >= 15 is 0 Å². The number of rotatable bonds is 1. The molecule has 54 valence electrons. The van der Waals surface area contributed by atoms with Gasteiger partial charge in [0.2, 0.25) is 5.31 Å². The Balaban J connectivity index is 2.42. The lowest BCUT2D eigenvalue weighted by Gasteiger charge is -2.18. The molecule has 0 amide bonds. The molecule has 0 spiro atoms. The fourth-order valence-electron chi connectivity index (χ4n) is 1.43. The van der Waals surface area contributed by atoms with Gasteiger partial charge in [0.25, 0.3) is 0 Å². The van der Waals surface area contributed by atoms with E-state index in [-0.39, 0.29) is 0 Å². The van der Waals surface area contributed by atoms with Gasteiger partial charge in [-0.1, -0.05) is 25.7 Å². The molecule has 1 fully saturated rings. The molecule has 0 aromatic rings. The summed E-state index contributed by atoms with van der Waals surface area (Å²) in [5, 5.41) is -1.10. The predicted octanol–water partition coefficient (Wildman–Crippen LogP) is 3.79. The van der Waals surface area contributed by atoms with Crippen LogP contribution in [-0.2, 0) is 0 Å². The highest BCUT2D eigenvalue weighted by Gasteiger charge is 2.33. The maximum absolute atomic E-state index is 3.76. The van der Waals surface area contributed by atoms with Crippen LogP contribution >= 0.6 is 30.6 Å². The molecule has 1 rings (SSSR count). The minimum absolute atomic E-state index is 0.984. The van der Waals surface area contributed by atoms with Gasteiger partial charge in [-0.05, 0) is 12.1 Å². The van der Waals surface area contributed by atoms with Gasteiger partial charge in [0.15, 0.2) is 0 Å². The molecule has 0 bridgehead atoms. The van der Waals surface area contributed by atoms with Crippen molar-refractivity contribution in [1.82, 2.24) is 0 Å². The average molecular weight is 272 g/mol. The molecule has 0 aromatic carbocycles. The molecule has 0 atom stereocenters. The van der Waals surface area contributed by atoms with Crippen molar-refractivity contribution < 1.29 is 0 Å². The van der Waals surface area contributed by atoms with E-state index in [4.69, 9.17) is 0 Å². The summed E-state index contributed by atoms with van der Waals surface area (Å²) >= 11 is 7.52. The van der Waals surface area contributed by atoms with E-state index in [0.717, 1.165) is 5.54 Å². The number of halogens is 2. The quantitative estimate of drug-likeness (QED) is 0.503. The maximum Gasteiger partial charge on any atom is 0.201 e. The fourth-order valence-corrected chi connectivity index (χ4v) is 5.60. The lowest BCUT2D eigenvalue weighted by Crippen LogP contribution is -2.17. The van der Waals surface area contributed by atoms with E-state index in [0.29, 0.717) is 0 Å². The summed E-state index contributed by atoms with van der Waals surface area (Å²) in [6, 6.07) is 0. The van der Waals surface area contributed by atoms with Crippen molar-refractivity contribution in [3.05, 3.63) is 0 Å². The third-order valence-electron chi connectivity index (χ3n) is 2.07. The minimum Gasteiger partial charge on any atom is -0.111 e. The van der Waals surface area contributed by atoms with Crippen LogP contribution in [0.25, 0.3) is 0 Å². The molecular weight excluding hydrogens is 260 g/mol. The summed E-state index contributed by atoms with van der Waals surface area (Å²) in [6.07, 6.45) is 5.79. The third-order valence-corrected chi connectivity index (χ3v) is 7.97. The normalized spacial score (nSPS) is 23.0. The van der Waals surface area contributed by atoms with Crippen LogP contribution in [0.15, 0.2) is 0 Å². The van der Waals surface area contributed by atoms with Gasteiger partial charge in [-0.25, -0.2) is 0 Å². The molecule has 0 unspecified atom stereocenters. The zero-order valence-electron chi connectivity index (χ0n) is 5.66. The average Bonchev–Trinajstić information content (AvgIpc) is 2.08. The van der Waals surface area contributed by atoms with Crippen LogP contribution in [-0.4, -0.2) is 5.31 Å². The van der Waals surface area contributed by atoms with Gasteiger partial charge in [0.05, 0.1) is 0 Å². The summed E-state index contributed by atoms with van der Waals surface area (Å²) in [5.41, 5.74) is 0.984. The van der Waals surface area contributed by atoms with Gasteiger partial charge in [-0.2, -0.15) is 0 Å². The van der Waals surface area contributed by atoms with Crippen LogP contribution < -0.4 is 0 Å². The molecule has 0 saturated heterocycles. The molecular formula is C6H12Br2Si. The topological polar surface area (TPSA) is 0 Å². The maximum atomic E-state index is 3.76. The fraction of sp³-hybridized carbons (Fsp3) is 1.00. The Hall–Kier alpha value is 1.18. The van der Waals surface area contributed by atoms with Crippen LogP contribution in [0, 0.1) is 0 Å². The highest BCUT2D eigenvalue weighted by atomic mass is 79.9. The highest BCUT2D eigenvalue weighted by molar-refractivity contribution is 9.51. The van der Waals surface area contributed by atoms with Gasteiger partial charge >= 0.3 is 0 Å². The Morgan fingerprint density at radius 3 is 1.89 bits per heavy atom. The van der Waals surface area contributed by atoms with Crippen molar-refractivity contribution in [2.75, 3.05) is 0 Å². The summed E-state index contributed by atoms with van der Waals surface area (Å²) in [6.45, 7) is 2.34. The summed E-state index contributed by atoms with van der Waals surface area (Å²) in [7, 11) is 0. The number of hydrogen-bond donors (Lipinski definition) is 0. The zero-order valence-corrected chi connectivity index (χ0v) is 9.83. The van der Waals surface area contributed by atoms with Crippen LogP contribution in [0.2, 0.25) is 12.1 Å². The summed E-state index contributed by atoms with van der Waals surface area (Å²) < 4.78 is 0. The van der Waals surface area contributed by atoms with Crippen molar-refractivity contribution in [2.24, 2.45) is 0 Å². The first-order valence-corrected chi connectivity index (χ1v) is 10.6. The van der Waals surface area contributed by atoms with E-state index in [9.17, 15) is 0 Å². The Morgan fingerprint density at radius 2 is 1.67 bits per heavy atom. The molecule has 1 aliphatic carbocycles. The third kappa shape index (κ3) is 2.35. The molecule has 3 heteroatoms. The van der Waals surface area contributed by atoms with Crippen LogP contribution in [0.1, 0.15) is 25.7 Å². The van der Waals surface area contributed by atoms with E-state index in [2.05, 4.69) is 37.1 Å². The van der Waals surface area contributed by atoms with E-state index in [1.165, 1.54) is 25.7 Å². The molecule has 1 saturated carbocycles. The predicted molar refractivity (Wildman–Crippen MR) is 51.7 cm³/mol. The molecule has 0 aliphatic heterocycles. The van der Waals surface area contributed by atoms with Gasteiger partial charge in [-0.3, -0.25) is 0 Å². The van der Waals surface area contributed by atoms with E-state index in [1.54, 1.807) is 0 Å². The van der Waals surface area contributed by atoms with Crippen molar-refractivity contribution in [2.45, 2.75) is 37.8 Å². The first-order valence-electron chi connectivity index (χ1n) is 3.48. The molecule has 0 heterocycles. The molecule has 1 aliphatic rings. The Bertz CT molecular complexity index is 91.7. The Labute approximate surface area is 73.6 Å². The second-order valence-corrected chi connectivity index (χ2v) is 18.7. The smallest absolute Gasteiger partial charge is 0.111 e. The van der Waals surface area contributed by atoms with Crippen LogP contribution in [0.5, 0.6) is 0 Å². The summed E-state index contributed by atoms with van der Waals surface area (Å²) in [5.74, 6) is 0. The second-order valence-electron chi connectivity index (χ2n) is 2.94. The minimum atomic E-state index is -1.10. The SMILES string of the molecule is C[Si](Br)(Br)C1CCCC1. The standard InChI is InChI=1S/C6H12Br2Si/c1-9(7,8)6-4-2-3-5-6/h6H,2-5H2,1H3. The molecule has 0 radical (unpaired) electrons. The lowest BCUT2D eigenvalue weighted by atomic mass is 10.4. The van der Waals surface area contributed by atoms with Gasteiger partial charge in [0.1, 0.15) is 0 Å². The monoisotopic (exact) mass is 270 g/mol. The molecule has 0 nitrogen and oxygen atoms in total. The Morgan fingerprint density at radius 1 is 1.22 bits per heavy atom. The van der Waals surface area contributed by atoms with Crippen LogP contribution in [0.4, 0.5) is 0 Å². The first kappa shape index (κ1) is 8.28. The van der Waals surface area contributed by atoms with Crippen molar-refractivity contribution in [3.63, 3.8) is 0 Å². The van der Waals surface area contributed by atoms with Gasteiger partial charge in [-0.15, -0.1) is 30.6 Å². The number of hydrogen-bond acceptors (Lipinski definition) is 0. The second kappa shape index (κ2) is 3.05. The van der Waals surface area contributed by atoms with Crippen molar-refractivity contribution in [1.29, 1.82) is 0 Å². The van der Waals surface area contributed by atoms with E-state index in [1.807, 2.05) is 0 Å². The van der Waals surface area contributed by atoms with Crippen molar-refractivity contribution >= 4 is 35.9 Å².